The van der Waals surface area contributed by atoms with E-state index in [4.69, 9.17) is 0 Å². The second-order valence-electron chi connectivity index (χ2n) is 8.26. The third-order valence-corrected chi connectivity index (χ3v) is 7.72. The summed E-state index contributed by atoms with van der Waals surface area (Å²) < 4.78 is 40.0. The Morgan fingerprint density at radius 2 is 1.57 bits per heavy atom. The Labute approximate surface area is 167 Å². The van der Waals surface area contributed by atoms with Gasteiger partial charge in [-0.05, 0) is 49.4 Å². The number of amides is 1. The van der Waals surface area contributed by atoms with E-state index in [1.54, 1.807) is 0 Å². The zero-order valence-corrected chi connectivity index (χ0v) is 17.7. The molecule has 0 saturated carbocycles. The number of piperidine rings is 1. The molecule has 0 aromatic heterocycles. The fourth-order valence-electron chi connectivity index (χ4n) is 4.35. The van der Waals surface area contributed by atoms with Gasteiger partial charge in [0.15, 0.2) is 0 Å². The van der Waals surface area contributed by atoms with Crippen LogP contribution in [-0.4, -0.2) is 73.7 Å². The molecule has 0 spiro atoms. The van der Waals surface area contributed by atoms with E-state index in [1.807, 2.05) is 11.8 Å². The zero-order valence-electron chi connectivity index (χ0n) is 16.8. The van der Waals surface area contributed by atoms with Crippen molar-refractivity contribution in [2.24, 2.45) is 11.8 Å². The van der Waals surface area contributed by atoms with Gasteiger partial charge in [-0.3, -0.25) is 9.69 Å². The number of hydrogen-bond donors (Lipinski definition) is 0. The van der Waals surface area contributed by atoms with Gasteiger partial charge in [-0.25, -0.2) is 12.8 Å². The highest BCUT2D eigenvalue weighted by Gasteiger charge is 2.34. The average molecular weight is 412 g/mol. The van der Waals surface area contributed by atoms with Gasteiger partial charge in [-0.1, -0.05) is 13.8 Å². The molecule has 3 atom stereocenters. The van der Waals surface area contributed by atoms with Crippen LogP contribution in [0.3, 0.4) is 0 Å². The summed E-state index contributed by atoms with van der Waals surface area (Å²) in [7, 11) is -3.64. The number of likely N-dealkylation sites (tertiary alicyclic amines) is 1. The molecular formula is C20H30FN3O3S. The number of halogens is 1. The smallest absolute Gasteiger partial charge is 0.243 e. The summed E-state index contributed by atoms with van der Waals surface area (Å²) in [6, 6.07) is 4.65. The third kappa shape index (κ3) is 4.55. The van der Waals surface area contributed by atoms with Crippen LogP contribution in [0.2, 0.25) is 0 Å². The van der Waals surface area contributed by atoms with Crippen LogP contribution in [0.5, 0.6) is 0 Å². The second kappa shape index (κ2) is 8.47. The minimum absolute atomic E-state index is 0.0998. The van der Waals surface area contributed by atoms with Crippen LogP contribution in [0.25, 0.3) is 0 Å². The van der Waals surface area contributed by atoms with E-state index in [2.05, 4.69) is 18.7 Å². The van der Waals surface area contributed by atoms with Crippen molar-refractivity contribution in [3.8, 4) is 0 Å². The molecule has 1 aromatic carbocycles. The van der Waals surface area contributed by atoms with Gasteiger partial charge in [-0.2, -0.15) is 4.31 Å². The number of hydrogen-bond acceptors (Lipinski definition) is 4. The molecule has 0 radical (unpaired) electrons. The Morgan fingerprint density at radius 1 is 1.04 bits per heavy atom. The molecule has 28 heavy (non-hydrogen) atoms. The number of nitrogens with zero attached hydrogens (tertiary/aromatic N) is 3. The van der Waals surface area contributed by atoms with Crippen molar-refractivity contribution in [1.29, 1.82) is 0 Å². The van der Waals surface area contributed by atoms with E-state index in [0.29, 0.717) is 38.0 Å². The van der Waals surface area contributed by atoms with Crippen molar-refractivity contribution in [3.05, 3.63) is 30.1 Å². The maximum absolute atomic E-state index is 13.1. The van der Waals surface area contributed by atoms with Gasteiger partial charge in [0.2, 0.25) is 15.9 Å². The summed E-state index contributed by atoms with van der Waals surface area (Å²) in [4.78, 5) is 17.1. The standard InChI is InChI=1S/C20H30FN3O3S/c1-15-12-16(2)14-23(13-15)20(25)17(3)22-8-10-24(11-9-22)28(26,27)19-6-4-18(21)5-7-19/h4-7,15-17H,8-14H2,1-3H3/t15-,16+,17-/m1/s1. The molecule has 0 bridgehead atoms. The lowest BCUT2D eigenvalue weighted by atomic mass is 9.91. The summed E-state index contributed by atoms with van der Waals surface area (Å²) in [5, 5.41) is 0. The molecule has 2 aliphatic rings. The molecule has 2 heterocycles. The molecule has 8 heteroatoms. The highest BCUT2D eigenvalue weighted by Crippen LogP contribution is 2.23. The van der Waals surface area contributed by atoms with Crippen molar-refractivity contribution >= 4 is 15.9 Å². The summed E-state index contributed by atoms with van der Waals surface area (Å²) in [5.41, 5.74) is 0. The van der Waals surface area contributed by atoms with E-state index in [1.165, 1.54) is 16.4 Å². The van der Waals surface area contributed by atoms with E-state index in [-0.39, 0.29) is 16.8 Å². The molecule has 1 aromatic rings. The molecule has 0 N–H and O–H groups in total. The fourth-order valence-corrected chi connectivity index (χ4v) is 5.77. The van der Waals surface area contributed by atoms with Crippen molar-refractivity contribution in [3.63, 3.8) is 0 Å². The molecule has 1 amide bonds. The van der Waals surface area contributed by atoms with Gasteiger partial charge in [0, 0.05) is 39.3 Å². The van der Waals surface area contributed by atoms with Gasteiger partial charge >= 0.3 is 0 Å². The Bertz CT molecular complexity index is 781. The molecular weight excluding hydrogens is 381 g/mol. The fraction of sp³-hybridized carbons (Fsp3) is 0.650. The van der Waals surface area contributed by atoms with Crippen LogP contribution in [0, 0.1) is 17.7 Å². The lowest BCUT2D eigenvalue weighted by Crippen LogP contribution is -2.56. The average Bonchev–Trinajstić information content (AvgIpc) is 2.66. The highest BCUT2D eigenvalue weighted by molar-refractivity contribution is 7.89. The minimum Gasteiger partial charge on any atom is -0.341 e. The van der Waals surface area contributed by atoms with Gasteiger partial charge in [0.1, 0.15) is 5.82 Å². The monoisotopic (exact) mass is 411 g/mol. The summed E-state index contributed by atoms with van der Waals surface area (Å²) in [6.45, 7) is 9.53. The predicted octanol–water partition coefficient (Wildman–Crippen LogP) is 2.02. The van der Waals surface area contributed by atoms with Crippen molar-refractivity contribution < 1.29 is 17.6 Å². The van der Waals surface area contributed by atoms with Crippen LogP contribution < -0.4 is 0 Å². The number of benzene rings is 1. The first-order valence-corrected chi connectivity index (χ1v) is 11.4. The van der Waals surface area contributed by atoms with Gasteiger partial charge < -0.3 is 4.90 Å². The third-order valence-electron chi connectivity index (χ3n) is 5.81. The Balaban J connectivity index is 1.60. The second-order valence-corrected chi connectivity index (χ2v) is 10.2. The maximum atomic E-state index is 13.1. The number of carbonyl (C=O) groups excluding carboxylic acids is 1. The quantitative estimate of drug-likeness (QED) is 0.761. The SMILES string of the molecule is C[C@@H]1C[C@H](C)CN(C(=O)[C@@H](C)N2CCN(S(=O)(=O)c3ccc(F)cc3)CC2)C1. The van der Waals surface area contributed by atoms with Gasteiger partial charge in [-0.15, -0.1) is 0 Å². The van der Waals surface area contributed by atoms with E-state index in [0.717, 1.165) is 31.6 Å². The normalized spacial score (nSPS) is 26.2. The van der Waals surface area contributed by atoms with Crippen molar-refractivity contribution in [2.75, 3.05) is 39.3 Å². The molecule has 6 nitrogen and oxygen atoms in total. The maximum Gasteiger partial charge on any atom is 0.243 e. The number of carbonyl (C=O) groups is 1. The minimum atomic E-state index is -3.64. The van der Waals surface area contributed by atoms with E-state index < -0.39 is 15.8 Å². The first kappa shape index (κ1) is 21.2. The van der Waals surface area contributed by atoms with Gasteiger partial charge in [0.25, 0.3) is 0 Å². The van der Waals surface area contributed by atoms with Crippen LogP contribution in [0.1, 0.15) is 27.2 Å². The number of rotatable bonds is 4. The largest absolute Gasteiger partial charge is 0.341 e. The van der Waals surface area contributed by atoms with Crippen LogP contribution >= 0.6 is 0 Å². The first-order valence-electron chi connectivity index (χ1n) is 9.97. The molecule has 0 unspecified atom stereocenters. The lowest BCUT2D eigenvalue weighted by Gasteiger charge is -2.41. The molecule has 2 fully saturated rings. The highest BCUT2D eigenvalue weighted by atomic mass is 32.2. The van der Waals surface area contributed by atoms with Crippen molar-refractivity contribution in [1.82, 2.24) is 14.1 Å². The number of sulfonamides is 1. The molecule has 2 saturated heterocycles. The first-order chi connectivity index (χ1) is 13.2. The van der Waals surface area contributed by atoms with Gasteiger partial charge in [0.05, 0.1) is 10.9 Å². The number of piperazine rings is 1. The zero-order chi connectivity index (χ0) is 20.5. The Morgan fingerprint density at radius 3 is 2.11 bits per heavy atom. The van der Waals surface area contributed by atoms with Crippen molar-refractivity contribution in [2.45, 2.75) is 38.1 Å². The van der Waals surface area contributed by atoms with E-state index >= 15 is 0 Å². The van der Waals surface area contributed by atoms with E-state index in [9.17, 15) is 17.6 Å². The summed E-state index contributed by atoms with van der Waals surface area (Å²) >= 11 is 0. The Hall–Kier alpha value is -1.51. The lowest BCUT2D eigenvalue weighted by molar-refractivity contribution is -0.139. The van der Waals surface area contributed by atoms with Crippen LogP contribution in [0.15, 0.2) is 29.2 Å². The Kier molecular flexibility index (Phi) is 6.41. The topological polar surface area (TPSA) is 60.9 Å². The van der Waals surface area contributed by atoms with Crippen LogP contribution in [-0.2, 0) is 14.8 Å². The molecule has 0 aliphatic carbocycles. The van der Waals surface area contributed by atoms with Crippen LogP contribution in [0.4, 0.5) is 4.39 Å². The summed E-state index contributed by atoms with van der Waals surface area (Å²) in [6.07, 6.45) is 1.15. The predicted molar refractivity (Wildman–Crippen MR) is 106 cm³/mol. The molecule has 3 rings (SSSR count). The summed E-state index contributed by atoms with van der Waals surface area (Å²) in [5.74, 6) is 0.695. The molecule has 2 aliphatic heterocycles. The molecule has 156 valence electrons.